The van der Waals surface area contributed by atoms with Gasteiger partial charge in [0, 0.05) is 0 Å². The molecule has 0 saturated heterocycles. The molecule has 122 valence electrons. The highest BCUT2D eigenvalue weighted by Crippen LogP contribution is 2.24. The van der Waals surface area contributed by atoms with Crippen molar-refractivity contribution in [2.24, 2.45) is 0 Å². The third kappa shape index (κ3) is 5.13. The van der Waals surface area contributed by atoms with Gasteiger partial charge in [0.1, 0.15) is 5.75 Å². The van der Waals surface area contributed by atoms with Crippen LogP contribution in [0.25, 0.3) is 0 Å². The van der Waals surface area contributed by atoms with Gasteiger partial charge in [0.05, 0.1) is 6.04 Å². The molecule has 0 aromatic heterocycles. The van der Waals surface area contributed by atoms with E-state index in [2.05, 4.69) is 26.1 Å². The van der Waals surface area contributed by atoms with Gasteiger partial charge >= 0.3 is 0 Å². The van der Waals surface area contributed by atoms with Crippen molar-refractivity contribution in [2.45, 2.75) is 39.2 Å². The maximum atomic E-state index is 12.0. The maximum Gasteiger partial charge on any atom is 0.258 e. The predicted octanol–water partition coefficient (Wildman–Crippen LogP) is 4.24. The number of carbonyl (C=O) groups is 1. The van der Waals surface area contributed by atoms with Crippen molar-refractivity contribution in [3.8, 4) is 5.75 Å². The number of hydrogen-bond donors (Lipinski definition) is 1. The van der Waals surface area contributed by atoms with Gasteiger partial charge in [-0.15, -0.1) is 0 Å². The van der Waals surface area contributed by atoms with Gasteiger partial charge in [-0.2, -0.15) is 0 Å². The second-order valence-electron chi connectivity index (χ2n) is 6.76. The summed E-state index contributed by atoms with van der Waals surface area (Å²) in [5.74, 6) is 0.585. The molecule has 1 amide bonds. The highest BCUT2D eigenvalue weighted by molar-refractivity contribution is 5.78. The van der Waals surface area contributed by atoms with Crippen LogP contribution in [0.5, 0.6) is 5.75 Å². The first-order valence-corrected chi connectivity index (χ1v) is 7.94. The summed E-state index contributed by atoms with van der Waals surface area (Å²) >= 11 is 0. The van der Waals surface area contributed by atoms with Crippen molar-refractivity contribution in [2.75, 3.05) is 6.61 Å². The van der Waals surface area contributed by atoms with E-state index in [4.69, 9.17) is 4.74 Å². The van der Waals surface area contributed by atoms with Crippen LogP contribution in [0.15, 0.2) is 54.6 Å². The van der Waals surface area contributed by atoms with E-state index in [9.17, 15) is 4.79 Å². The Labute approximate surface area is 138 Å². The van der Waals surface area contributed by atoms with Crippen LogP contribution < -0.4 is 10.1 Å². The van der Waals surface area contributed by atoms with Gasteiger partial charge in [0.15, 0.2) is 6.61 Å². The van der Waals surface area contributed by atoms with Crippen LogP contribution >= 0.6 is 0 Å². The maximum absolute atomic E-state index is 12.0. The second-order valence-corrected chi connectivity index (χ2v) is 6.76. The average Bonchev–Trinajstić information content (AvgIpc) is 2.53. The average molecular weight is 311 g/mol. The lowest BCUT2D eigenvalue weighted by atomic mass is 9.87. The van der Waals surface area contributed by atoms with Crippen LogP contribution in [0.3, 0.4) is 0 Å². The number of rotatable bonds is 5. The lowest BCUT2D eigenvalue weighted by molar-refractivity contribution is -0.123. The summed E-state index contributed by atoms with van der Waals surface area (Å²) in [5, 5.41) is 2.94. The monoisotopic (exact) mass is 311 g/mol. The summed E-state index contributed by atoms with van der Waals surface area (Å²) in [7, 11) is 0. The Hall–Kier alpha value is -2.29. The Balaban J connectivity index is 1.85. The smallest absolute Gasteiger partial charge is 0.258 e. The van der Waals surface area contributed by atoms with Crippen LogP contribution in [0, 0.1) is 0 Å². The van der Waals surface area contributed by atoms with Crippen LogP contribution in [-0.4, -0.2) is 12.5 Å². The Morgan fingerprint density at radius 1 is 1.04 bits per heavy atom. The third-order valence-corrected chi connectivity index (χ3v) is 3.77. The van der Waals surface area contributed by atoms with E-state index < -0.39 is 0 Å². The number of ether oxygens (including phenoxy) is 1. The van der Waals surface area contributed by atoms with Crippen molar-refractivity contribution in [1.29, 1.82) is 0 Å². The summed E-state index contributed by atoms with van der Waals surface area (Å²) in [6, 6.07) is 17.8. The van der Waals surface area contributed by atoms with Crippen molar-refractivity contribution >= 4 is 5.91 Å². The van der Waals surface area contributed by atoms with Crippen molar-refractivity contribution < 1.29 is 9.53 Å². The summed E-state index contributed by atoms with van der Waals surface area (Å²) in [4.78, 5) is 12.0. The molecule has 0 aliphatic carbocycles. The van der Waals surface area contributed by atoms with Gasteiger partial charge in [-0.3, -0.25) is 4.79 Å². The molecular weight excluding hydrogens is 286 g/mol. The standard InChI is InChI=1S/C20H25NO2/c1-15(16-8-6-5-7-9-16)21-19(22)14-23-18-12-10-17(11-13-18)20(2,3)4/h5-13,15H,14H2,1-4H3,(H,21,22)/t15-/m0/s1. The molecule has 23 heavy (non-hydrogen) atoms. The molecule has 3 heteroatoms. The normalized spacial score (nSPS) is 12.5. The quantitative estimate of drug-likeness (QED) is 0.897. The lowest BCUT2D eigenvalue weighted by Gasteiger charge is -2.19. The fourth-order valence-corrected chi connectivity index (χ4v) is 2.31. The van der Waals surface area contributed by atoms with Gasteiger partial charge in [-0.05, 0) is 35.6 Å². The zero-order valence-corrected chi connectivity index (χ0v) is 14.3. The number of benzene rings is 2. The van der Waals surface area contributed by atoms with Gasteiger partial charge in [-0.25, -0.2) is 0 Å². The molecule has 0 spiro atoms. The van der Waals surface area contributed by atoms with Gasteiger partial charge < -0.3 is 10.1 Å². The van der Waals surface area contributed by atoms with Crippen LogP contribution in [0.2, 0.25) is 0 Å². The van der Waals surface area contributed by atoms with E-state index in [1.807, 2.05) is 61.5 Å². The van der Waals surface area contributed by atoms with E-state index in [0.29, 0.717) is 5.75 Å². The fourth-order valence-electron chi connectivity index (χ4n) is 2.31. The zero-order chi connectivity index (χ0) is 16.9. The van der Waals surface area contributed by atoms with E-state index in [1.54, 1.807) is 0 Å². The first-order chi connectivity index (χ1) is 10.9. The zero-order valence-electron chi connectivity index (χ0n) is 14.3. The molecule has 0 fully saturated rings. The molecule has 2 aromatic carbocycles. The second kappa shape index (κ2) is 7.32. The molecule has 0 aliphatic heterocycles. The molecular formula is C20H25NO2. The van der Waals surface area contributed by atoms with Crippen molar-refractivity contribution in [3.63, 3.8) is 0 Å². The fraction of sp³-hybridized carbons (Fsp3) is 0.350. The molecule has 0 unspecified atom stereocenters. The largest absolute Gasteiger partial charge is 0.484 e. The van der Waals surface area contributed by atoms with Gasteiger partial charge in [-0.1, -0.05) is 63.2 Å². The molecule has 0 heterocycles. The molecule has 0 aliphatic rings. The highest BCUT2D eigenvalue weighted by atomic mass is 16.5. The van der Waals surface area contributed by atoms with Crippen molar-refractivity contribution in [1.82, 2.24) is 5.32 Å². The Kier molecular flexibility index (Phi) is 5.43. The molecule has 1 N–H and O–H groups in total. The lowest BCUT2D eigenvalue weighted by Crippen LogP contribution is -2.31. The molecule has 0 saturated carbocycles. The van der Waals surface area contributed by atoms with Crippen LogP contribution in [-0.2, 0) is 10.2 Å². The summed E-state index contributed by atoms with van der Waals surface area (Å²) in [6.07, 6.45) is 0. The molecule has 0 radical (unpaired) electrons. The SMILES string of the molecule is C[C@H](NC(=O)COc1ccc(C(C)(C)C)cc1)c1ccccc1. The van der Waals surface area contributed by atoms with Crippen molar-refractivity contribution in [3.05, 3.63) is 65.7 Å². The van der Waals surface area contributed by atoms with E-state index in [0.717, 1.165) is 5.56 Å². The number of amides is 1. The van der Waals surface area contributed by atoms with Crippen LogP contribution in [0.1, 0.15) is 44.9 Å². The molecule has 3 nitrogen and oxygen atoms in total. The van der Waals surface area contributed by atoms with E-state index >= 15 is 0 Å². The molecule has 0 bridgehead atoms. The van der Waals surface area contributed by atoms with E-state index in [-0.39, 0.29) is 24.0 Å². The summed E-state index contributed by atoms with van der Waals surface area (Å²) in [5.41, 5.74) is 2.43. The predicted molar refractivity (Wildman–Crippen MR) is 93.6 cm³/mol. The molecule has 2 aromatic rings. The van der Waals surface area contributed by atoms with Crippen LogP contribution in [0.4, 0.5) is 0 Å². The molecule has 1 atom stereocenters. The summed E-state index contributed by atoms with van der Waals surface area (Å²) in [6.45, 7) is 8.49. The molecule has 2 rings (SSSR count). The number of nitrogens with one attached hydrogen (secondary N) is 1. The minimum absolute atomic E-state index is 0.0199. The minimum Gasteiger partial charge on any atom is -0.484 e. The Morgan fingerprint density at radius 3 is 2.22 bits per heavy atom. The third-order valence-electron chi connectivity index (χ3n) is 3.77. The summed E-state index contributed by atoms with van der Waals surface area (Å²) < 4.78 is 5.56. The first-order valence-electron chi connectivity index (χ1n) is 7.94. The minimum atomic E-state index is -0.124. The number of carbonyl (C=O) groups excluding carboxylic acids is 1. The number of hydrogen-bond acceptors (Lipinski definition) is 2. The topological polar surface area (TPSA) is 38.3 Å². The van der Waals surface area contributed by atoms with Gasteiger partial charge in [0.25, 0.3) is 5.91 Å². The van der Waals surface area contributed by atoms with E-state index in [1.165, 1.54) is 5.56 Å². The Morgan fingerprint density at radius 2 is 1.65 bits per heavy atom. The Bertz CT molecular complexity index is 627. The first kappa shape index (κ1) is 17.1. The van der Waals surface area contributed by atoms with Gasteiger partial charge in [0.2, 0.25) is 0 Å². The highest BCUT2D eigenvalue weighted by Gasteiger charge is 2.13.